The standard InChI is InChI=1S/C14H22N2O/c1-3-4-5-13(15)14(17)16-10-12-8-6-11(2)7-9-12/h6-9,13H,3-5,10,15H2,1-2H3,(H,16,17)/t13-/m0/s1. The quantitative estimate of drug-likeness (QED) is 0.792. The molecule has 1 aromatic carbocycles. The summed E-state index contributed by atoms with van der Waals surface area (Å²) in [7, 11) is 0. The van der Waals surface area contributed by atoms with Gasteiger partial charge in [0.25, 0.3) is 0 Å². The highest BCUT2D eigenvalue weighted by molar-refractivity contribution is 5.81. The zero-order valence-corrected chi connectivity index (χ0v) is 10.7. The van der Waals surface area contributed by atoms with Gasteiger partial charge in [-0.3, -0.25) is 4.79 Å². The minimum Gasteiger partial charge on any atom is -0.351 e. The minimum atomic E-state index is -0.375. The van der Waals surface area contributed by atoms with Crippen molar-refractivity contribution in [1.29, 1.82) is 0 Å². The van der Waals surface area contributed by atoms with E-state index >= 15 is 0 Å². The predicted octanol–water partition coefficient (Wildman–Crippen LogP) is 2.13. The van der Waals surface area contributed by atoms with Crippen LogP contribution in [0.25, 0.3) is 0 Å². The van der Waals surface area contributed by atoms with E-state index in [9.17, 15) is 4.79 Å². The molecule has 0 radical (unpaired) electrons. The number of rotatable bonds is 6. The number of nitrogens with one attached hydrogen (secondary N) is 1. The Morgan fingerprint density at radius 1 is 1.35 bits per heavy atom. The van der Waals surface area contributed by atoms with E-state index in [0.717, 1.165) is 24.8 Å². The second-order valence-electron chi connectivity index (χ2n) is 4.45. The highest BCUT2D eigenvalue weighted by Crippen LogP contribution is 2.03. The van der Waals surface area contributed by atoms with Crippen LogP contribution in [0.1, 0.15) is 37.3 Å². The number of hydrogen-bond donors (Lipinski definition) is 2. The number of benzene rings is 1. The smallest absolute Gasteiger partial charge is 0.237 e. The molecule has 1 amide bonds. The second-order valence-corrected chi connectivity index (χ2v) is 4.45. The Morgan fingerprint density at radius 2 is 2.00 bits per heavy atom. The van der Waals surface area contributed by atoms with Crippen molar-refractivity contribution in [2.75, 3.05) is 0 Å². The topological polar surface area (TPSA) is 55.1 Å². The lowest BCUT2D eigenvalue weighted by atomic mass is 10.1. The van der Waals surface area contributed by atoms with E-state index in [1.165, 1.54) is 5.56 Å². The van der Waals surface area contributed by atoms with Crippen molar-refractivity contribution in [2.45, 2.75) is 45.7 Å². The molecule has 0 aliphatic heterocycles. The van der Waals surface area contributed by atoms with E-state index in [0.29, 0.717) is 6.54 Å². The third-order valence-electron chi connectivity index (χ3n) is 2.79. The molecule has 0 saturated carbocycles. The Hall–Kier alpha value is -1.35. The summed E-state index contributed by atoms with van der Waals surface area (Å²) in [6.07, 6.45) is 2.83. The molecule has 17 heavy (non-hydrogen) atoms. The van der Waals surface area contributed by atoms with Crippen LogP contribution in [-0.4, -0.2) is 11.9 Å². The van der Waals surface area contributed by atoms with E-state index in [4.69, 9.17) is 5.73 Å². The van der Waals surface area contributed by atoms with Gasteiger partial charge >= 0.3 is 0 Å². The van der Waals surface area contributed by atoms with Crippen LogP contribution in [0.4, 0.5) is 0 Å². The molecular weight excluding hydrogens is 212 g/mol. The molecule has 3 N–H and O–H groups in total. The average molecular weight is 234 g/mol. The molecule has 3 nitrogen and oxygen atoms in total. The number of hydrogen-bond acceptors (Lipinski definition) is 2. The Bertz CT molecular complexity index is 346. The van der Waals surface area contributed by atoms with Crippen molar-refractivity contribution in [3.63, 3.8) is 0 Å². The molecule has 1 atom stereocenters. The molecule has 1 rings (SSSR count). The Morgan fingerprint density at radius 3 is 2.59 bits per heavy atom. The highest BCUT2D eigenvalue weighted by Gasteiger charge is 2.11. The molecule has 94 valence electrons. The molecule has 0 unspecified atom stereocenters. The molecule has 0 aromatic heterocycles. The number of carbonyl (C=O) groups excluding carboxylic acids is 1. The molecule has 0 aliphatic carbocycles. The first-order valence-corrected chi connectivity index (χ1v) is 6.22. The van der Waals surface area contributed by atoms with Crippen LogP contribution in [0.3, 0.4) is 0 Å². The lowest BCUT2D eigenvalue weighted by Crippen LogP contribution is -2.40. The SMILES string of the molecule is CCCC[C@H](N)C(=O)NCc1ccc(C)cc1. The first kappa shape index (κ1) is 13.7. The summed E-state index contributed by atoms with van der Waals surface area (Å²) >= 11 is 0. The van der Waals surface area contributed by atoms with Crippen molar-refractivity contribution < 1.29 is 4.79 Å². The highest BCUT2D eigenvalue weighted by atomic mass is 16.2. The van der Waals surface area contributed by atoms with Crippen LogP contribution >= 0.6 is 0 Å². The van der Waals surface area contributed by atoms with E-state index in [1.807, 2.05) is 31.2 Å². The van der Waals surface area contributed by atoms with Gasteiger partial charge in [-0.1, -0.05) is 49.6 Å². The maximum absolute atomic E-state index is 11.7. The Balaban J connectivity index is 2.34. The normalized spacial score (nSPS) is 12.2. The fourth-order valence-corrected chi connectivity index (χ4v) is 1.58. The summed E-state index contributed by atoms with van der Waals surface area (Å²) < 4.78 is 0. The molecule has 0 bridgehead atoms. The van der Waals surface area contributed by atoms with Gasteiger partial charge in [0.2, 0.25) is 5.91 Å². The van der Waals surface area contributed by atoms with Crippen molar-refractivity contribution in [3.05, 3.63) is 35.4 Å². The third-order valence-corrected chi connectivity index (χ3v) is 2.79. The van der Waals surface area contributed by atoms with Gasteiger partial charge in [-0.15, -0.1) is 0 Å². The summed E-state index contributed by atoms with van der Waals surface area (Å²) in [5.41, 5.74) is 8.10. The summed E-state index contributed by atoms with van der Waals surface area (Å²) in [6, 6.07) is 7.75. The largest absolute Gasteiger partial charge is 0.351 e. The molecule has 0 spiro atoms. The van der Waals surface area contributed by atoms with Crippen LogP contribution < -0.4 is 11.1 Å². The first-order valence-electron chi connectivity index (χ1n) is 6.22. The van der Waals surface area contributed by atoms with E-state index < -0.39 is 0 Å². The second kappa shape index (κ2) is 7.07. The van der Waals surface area contributed by atoms with Gasteiger partial charge in [-0.2, -0.15) is 0 Å². The lowest BCUT2D eigenvalue weighted by molar-refractivity contribution is -0.122. The fraction of sp³-hybridized carbons (Fsp3) is 0.500. The van der Waals surface area contributed by atoms with Gasteiger partial charge in [0.05, 0.1) is 6.04 Å². The van der Waals surface area contributed by atoms with Crippen molar-refractivity contribution in [3.8, 4) is 0 Å². The molecule has 0 heterocycles. The summed E-state index contributed by atoms with van der Waals surface area (Å²) in [4.78, 5) is 11.7. The van der Waals surface area contributed by atoms with Crippen molar-refractivity contribution in [1.82, 2.24) is 5.32 Å². The Kier molecular flexibility index (Phi) is 5.70. The molecular formula is C14H22N2O. The molecule has 0 saturated heterocycles. The van der Waals surface area contributed by atoms with Gasteiger partial charge in [0.15, 0.2) is 0 Å². The van der Waals surface area contributed by atoms with Crippen molar-refractivity contribution >= 4 is 5.91 Å². The summed E-state index contributed by atoms with van der Waals surface area (Å²) in [6.45, 7) is 4.69. The average Bonchev–Trinajstić information content (AvgIpc) is 2.34. The maximum atomic E-state index is 11.7. The number of aryl methyl sites for hydroxylation is 1. The monoisotopic (exact) mass is 234 g/mol. The molecule has 1 aromatic rings. The van der Waals surface area contributed by atoms with Gasteiger partial charge in [-0.05, 0) is 18.9 Å². The summed E-state index contributed by atoms with van der Waals surface area (Å²) in [5, 5.41) is 2.86. The van der Waals surface area contributed by atoms with Crippen LogP contribution in [0.15, 0.2) is 24.3 Å². The zero-order valence-electron chi connectivity index (χ0n) is 10.7. The first-order chi connectivity index (χ1) is 8.13. The van der Waals surface area contributed by atoms with Crippen LogP contribution in [0.5, 0.6) is 0 Å². The predicted molar refractivity (Wildman–Crippen MR) is 70.5 cm³/mol. The van der Waals surface area contributed by atoms with Crippen LogP contribution in [-0.2, 0) is 11.3 Å². The number of amides is 1. The number of unbranched alkanes of at least 4 members (excludes halogenated alkanes) is 1. The van der Waals surface area contributed by atoms with Crippen LogP contribution in [0.2, 0.25) is 0 Å². The summed E-state index contributed by atoms with van der Waals surface area (Å²) in [5.74, 6) is -0.0565. The fourth-order valence-electron chi connectivity index (χ4n) is 1.58. The number of nitrogens with two attached hydrogens (primary N) is 1. The van der Waals surface area contributed by atoms with E-state index in [2.05, 4.69) is 12.2 Å². The van der Waals surface area contributed by atoms with Crippen molar-refractivity contribution in [2.24, 2.45) is 5.73 Å². The minimum absolute atomic E-state index is 0.0565. The Labute approximate surface area is 103 Å². The number of carbonyl (C=O) groups is 1. The molecule has 3 heteroatoms. The van der Waals surface area contributed by atoms with E-state index in [1.54, 1.807) is 0 Å². The lowest BCUT2D eigenvalue weighted by Gasteiger charge is -2.11. The van der Waals surface area contributed by atoms with Crippen LogP contribution in [0, 0.1) is 6.92 Å². The van der Waals surface area contributed by atoms with Gasteiger partial charge in [0, 0.05) is 6.54 Å². The molecule has 0 aliphatic rings. The maximum Gasteiger partial charge on any atom is 0.237 e. The van der Waals surface area contributed by atoms with Gasteiger partial charge < -0.3 is 11.1 Å². The van der Waals surface area contributed by atoms with Gasteiger partial charge in [-0.25, -0.2) is 0 Å². The van der Waals surface area contributed by atoms with E-state index in [-0.39, 0.29) is 11.9 Å². The zero-order chi connectivity index (χ0) is 12.7. The van der Waals surface area contributed by atoms with Gasteiger partial charge in [0.1, 0.15) is 0 Å². The molecule has 0 fully saturated rings. The third kappa shape index (κ3) is 5.00.